The highest BCUT2D eigenvalue weighted by atomic mass is 16.2. The first-order valence-corrected chi connectivity index (χ1v) is 4.79. The van der Waals surface area contributed by atoms with Gasteiger partial charge in [0.05, 0.1) is 0 Å². The van der Waals surface area contributed by atoms with Crippen molar-refractivity contribution in [3.05, 3.63) is 0 Å². The predicted octanol–water partition coefficient (Wildman–Crippen LogP) is -0.225. The van der Waals surface area contributed by atoms with Gasteiger partial charge in [0.15, 0.2) is 0 Å². The summed E-state index contributed by atoms with van der Waals surface area (Å²) in [4.78, 5) is 24.2. The molecule has 6 heteroatoms. The molecule has 0 aliphatic carbocycles. The minimum absolute atomic E-state index is 0.123. The van der Waals surface area contributed by atoms with Gasteiger partial charge in [-0.25, -0.2) is 9.59 Å². The second kappa shape index (κ2) is 3.04. The second-order valence-corrected chi connectivity index (χ2v) is 3.65. The minimum Gasteiger partial charge on any atom is -0.314 e. The van der Waals surface area contributed by atoms with Crippen molar-refractivity contribution in [3.63, 3.8) is 0 Å². The van der Waals surface area contributed by atoms with Crippen molar-refractivity contribution in [1.29, 1.82) is 0 Å². The summed E-state index contributed by atoms with van der Waals surface area (Å²) >= 11 is 0. The first kappa shape index (κ1) is 9.11. The number of urea groups is 2. The standard InChI is InChI=1S/C8H14N4O2/c1-3-4(2)12-6-5(10-8(12)14)9-7(13)11-6/h4-6H,3H2,1-2H3,(H,10,14)(H2,9,11,13). The van der Waals surface area contributed by atoms with Crippen molar-refractivity contribution >= 4 is 12.1 Å². The van der Waals surface area contributed by atoms with Crippen LogP contribution in [0.3, 0.4) is 0 Å². The molecule has 2 aliphatic rings. The molecule has 2 fully saturated rings. The highest BCUT2D eigenvalue weighted by Gasteiger charge is 2.46. The van der Waals surface area contributed by atoms with Crippen LogP contribution in [0.1, 0.15) is 20.3 Å². The zero-order valence-corrected chi connectivity index (χ0v) is 8.20. The molecule has 14 heavy (non-hydrogen) atoms. The van der Waals surface area contributed by atoms with Crippen molar-refractivity contribution < 1.29 is 9.59 Å². The van der Waals surface area contributed by atoms with Crippen molar-refractivity contribution in [3.8, 4) is 0 Å². The Morgan fingerprint density at radius 1 is 1.36 bits per heavy atom. The van der Waals surface area contributed by atoms with E-state index in [2.05, 4.69) is 16.0 Å². The number of hydrogen-bond acceptors (Lipinski definition) is 2. The van der Waals surface area contributed by atoms with E-state index in [1.807, 2.05) is 13.8 Å². The number of fused-ring (bicyclic) bond motifs is 1. The van der Waals surface area contributed by atoms with Crippen LogP contribution in [0.15, 0.2) is 0 Å². The number of nitrogens with one attached hydrogen (secondary N) is 3. The van der Waals surface area contributed by atoms with Gasteiger partial charge in [-0.05, 0) is 13.3 Å². The lowest BCUT2D eigenvalue weighted by atomic mass is 10.2. The fourth-order valence-electron chi connectivity index (χ4n) is 1.83. The minimum atomic E-state index is -0.288. The fourth-order valence-corrected chi connectivity index (χ4v) is 1.83. The number of amides is 4. The van der Waals surface area contributed by atoms with Crippen LogP contribution in [-0.2, 0) is 0 Å². The van der Waals surface area contributed by atoms with Crippen LogP contribution in [0.2, 0.25) is 0 Å². The fraction of sp³-hybridized carbons (Fsp3) is 0.750. The van der Waals surface area contributed by atoms with Gasteiger partial charge in [-0.15, -0.1) is 0 Å². The van der Waals surface area contributed by atoms with E-state index >= 15 is 0 Å². The quantitative estimate of drug-likeness (QED) is 0.573. The Bertz CT molecular complexity index is 281. The van der Waals surface area contributed by atoms with Gasteiger partial charge < -0.3 is 16.0 Å². The maximum absolute atomic E-state index is 11.5. The van der Waals surface area contributed by atoms with Crippen LogP contribution < -0.4 is 16.0 Å². The van der Waals surface area contributed by atoms with E-state index in [0.717, 1.165) is 6.42 Å². The van der Waals surface area contributed by atoms with Gasteiger partial charge in [-0.1, -0.05) is 6.92 Å². The van der Waals surface area contributed by atoms with E-state index in [9.17, 15) is 9.59 Å². The zero-order valence-electron chi connectivity index (χ0n) is 8.20. The number of rotatable bonds is 2. The molecule has 0 bridgehead atoms. The lowest BCUT2D eigenvalue weighted by Gasteiger charge is -2.26. The van der Waals surface area contributed by atoms with Gasteiger partial charge in [-0.2, -0.15) is 0 Å². The van der Waals surface area contributed by atoms with Crippen LogP contribution in [0.25, 0.3) is 0 Å². The SMILES string of the molecule is CCC(C)N1C(=O)NC2NC(=O)NC21. The first-order valence-electron chi connectivity index (χ1n) is 4.79. The van der Waals surface area contributed by atoms with Crippen molar-refractivity contribution in [2.75, 3.05) is 0 Å². The lowest BCUT2D eigenvalue weighted by molar-refractivity contribution is 0.169. The van der Waals surface area contributed by atoms with E-state index < -0.39 is 0 Å². The van der Waals surface area contributed by atoms with Crippen LogP contribution in [0.4, 0.5) is 9.59 Å². The molecule has 0 aromatic rings. The molecule has 3 N–H and O–H groups in total. The van der Waals surface area contributed by atoms with Crippen LogP contribution in [-0.4, -0.2) is 35.3 Å². The molecule has 0 spiro atoms. The van der Waals surface area contributed by atoms with Gasteiger partial charge in [0.25, 0.3) is 0 Å². The summed E-state index contributed by atoms with van der Waals surface area (Å²) in [7, 11) is 0. The predicted molar refractivity (Wildman–Crippen MR) is 49.4 cm³/mol. The maximum atomic E-state index is 11.5. The van der Waals surface area contributed by atoms with Crippen LogP contribution in [0.5, 0.6) is 0 Å². The highest BCUT2D eigenvalue weighted by Crippen LogP contribution is 2.18. The second-order valence-electron chi connectivity index (χ2n) is 3.65. The molecule has 0 radical (unpaired) electrons. The van der Waals surface area contributed by atoms with Crippen molar-refractivity contribution in [2.24, 2.45) is 0 Å². The average Bonchev–Trinajstić information content (AvgIpc) is 2.58. The van der Waals surface area contributed by atoms with Crippen molar-refractivity contribution in [1.82, 2.24) is 20.9 Å². The van der Waals surface area contributed by atoms with Gasteiger partial charge in [-0.3, -0.25) is 4.90 Å². The molecule has 6 nitrogen and oxygen atoms in total. The normalized spacial score (nSPS) is 32.0. The van der Waals surface area contributed by atoms with E-state index in [1.54, 1.807) is 4.90 Å². The Morgan fingerprint density at radius 2 is 2.07 bits per heavy atom. The molecule has 2 rings (SSSR count). The molecule has 2 aliphatic heterocycles. The molecule has 3 atom stereocenters. The highest BCUT2D eigenvalue weighted by molar-refractivity contribution is 5.84. The van der Waals surface area contributed by atoms with E-state index in [0.29, 0.717) is 0 Å². The first-order chi connectivity index (χ1) is 6.63. The Hall–Kier alpha value is -1.46. The van der Waals surface area contributed by atoms with Gasteiger partial charge in [0, 0.05) is 6.04 Å². The molecule has 0 aromatic carbocycles. The van der Waals surface area contributed by atoms with Crippen LogP contribution in [0, 0.1) is 0 Å². The van der Waals surface area contributed by atoms with Gasteiger partial charge in [0.2, 0.25) is 0 Å². The number of carbonyl (C=O) groups excluding carboxylic acids is 2. The van der Waals surface area contributed by atoms with E-state index in [-0.39, 0.29) is 30.4 Å². The van der Waals surface area contributed by atoms with Gasteiger partial charge >= 0.3 is 12.1 Å². The van der Waals surface area contributed by atoms with Gasteiger partial charge in [0.1, 0.15) is 12.3 Å². The summed E-state index contributed by atoms with van der Waals surface area (Å²) in [6, 6.07) is -0.222. The lowest BCUT2D eigenvalue weighted by Crippen LogP contribution is -2.47. The molecule has 4 amide bonds. The number of carbonyl (C=O) groups is 2. The average molecular weight is 198 g/mol. The Balaban J connectivity index is 2.16. The maximum Gasteiger partial charge on any atom is 0.321 e. The third-order valence-electron chi connectivity index (χ3n) is 2.76. The summed E-state index contributed by atoms with van der Waals surface area (Å²) in [5.41, 5.74) is 0. The van der Waals surface area contributed by atoms with Crippen LogP contribution >= 0.6 is 0 Å². The molecular weight excluding hydrogens is 184 g/mol. The summed E-state index contributed by atoms with van der Waals surface area (Å²) in [6.07, 6.45) is 0.334. The summed E-state index contributed by atoms with van der Waals surface area (Å²) in [5.74, 6) is 0. The molecule has 0 aromatic heterocycles. The smallest absolute Gasteiger partial charge is 0.314 e. The topological polar surface area (TPSA) is 73.5 Å². The molecule has 3 unspecified atom stereocenters. The van der Waals surface area contributed by atoms with E-state index in [1.165, 1.54) is 0 Å². The number of hydrogen-bond donors (Lipinski definition) is 3. The molecule has 2 heterocycles. The molecule has 78 valence electrons. The summed E-state index contributed by atoms with van der Waals surface area (Å²) < 4.78 is 0. The Kier molecular flexibility index (Phi) is 1.98. The number of nitrogens with zero attached hydrogens (tertiary/aromatic N) is 1. The molecule has 2 saturated heterocycles. The molecular formula is C8H14N4O2. The summed E-state index contributed by atoms with van der Waals surface area (Å²) in [6.45, 7) is 3.97. The third-order valence-corrected chi connectivity index (χ3v) is 2.76. The molecule has 0 saturated carbocycles. The van der Waals surface area contributed by atoms with Crippen molar-refractivity contribution in [2.45, 2.75) is 38.6 Å². The zero-order chi connectivity index (χ0) is 10.3. The largest absolute Gasteiger partial charge is 0.321 e. The monoisotopic (exact) mass is 198 g/mol. The Morgan fingerprint density at radius 3 is 2.71 bits per heavy atom. The van der Waals surface area contributed by atoms with E-state index in [4.69, 9.17) is 0 Å². The third kappa shape index (κ3) is 1.18. The Labute approximate surface area is 82.0 Å². The summed E-state index contributed by atoms with van der Waals surface area (Å²) in [5, 5.41) is 8.04.